The lowest BCUT2D eigenvalue weighted by Crippen LogP contribution is -2.48. The number of benzene rings is 2. The van der Waals surface area contributed by atoms with Gasteiger partial charge in [0.1, 0.15) is 6.04 Å². The zero-order valence-corrected chi connectivity index (χ0v) is 54.6. The molecule has 28 heteroatoms. The van der Waals surface area contributed by atoms with Crippen molar-refractivity contribution in [3.05, 3.63) is 118 Å². The molecular weight excluding hydrogens is 1220 g/mol. The van der Waals surface area contributed by atoms with Gasteiger partial charge < -0.3 is 55.1 Å². The molecule has 0 aromatic heterocycles. The van der Waals surface area contributed by atoms with E-state index >= 15 is 0 Å². The monoisotopic (exact) mass is 1310 g/mol. The molecule has 2 aromatic carbocycles. The lowest BCUT2D eigenvalue weighted by molar-refractivity contribution is -0.128. The van der Waals surface area contributed by atoms with Crippen molar-refractivity contribution in [2.24, 2.45) is 11.3 Å². The van der Waals surface area contributed by atoms with Crippen molar-refractivity contribution in [1.29, 1.82) is 0 Å². The van der Waals surface area contributed by atoms with E-state index in [0.29, 0.717) is 128 Å². The molecule has 1 aliphatic carbocycles. The lowest BCUT2D eigenvalue weighted by atomic mass is 9.75. The van der Waals surface area contributed by atoms with Crippen molar-refractivity contribution in [3.63, 3.8) is 0 Å². The smallest absolute Gasteiger partial charge is 0.379 e. The minimum Gasteiger partial charge on any atom is -0.379 e. The van der Waals surface area contributed by atoms with E-state index in [0.717, 1.165) is 16.9 Å². The van der Waals surface area contributed by atoms with Crippen LogP contribution in [0.2, 0.25) is 0 Å². The fourth-order valence-corrected chi connectivity index (χ4v) is 14.0. The molecule has 4 unspecified atom stereocenters. The summed E-state index contributed by atoms with van der Waals surface area (Å²) < 4.78 is 101. The molecule has 4 atom stereocenters. The van der Waals surface area contributed by atoms with E-state index in [1.54, 1.807) is 42.5 Å². The number of ether oxygens (including phenoxy) is 3. The van der Waals surface area contributed by atoms with Crippen LogP contribution in [0.5, 0.6) is 0 Å². The Kier molecular flexibility index (Phi) is 29.3. The van der Waals surface area contributed by atoms with Crippen molar-refractivity contribution < 1.29 is 78.2 Å². The summed E-state index contributed by atoms with van der Waals surface area (Å²) >= 11 is 0. The average Bonchev–Trinajstić information content (AvgIpc) is 1.61. The molecule has 8 N–H and O–H groups in total. The van der Waals surface area contributed by atoms with Crippen LogP contribution in [0.1, 0.15) is 108 Å². The van der Waals surface area contributed by atoms with Gasteiger partial charge in [-0.05, 0) is 93.1 Å². The number of likely N-dealkylation sites (tertiary alicyclic amines) is 1. The standard InChI is InChI=1S/C59H87N6O17PS4/c1-7-60-54(66)28-38-84-85-42-49(57(69)62-30-16-33-80-35-37-81-36-34-79-32-15-29-61-56(68)44-22-20-43(21-23-44)41-82-83(70,71)72)63-55(67)19-13-10-14-31-65-51-27-25-46(87(76,77)78)40-48(51)59(5,6)53(65)18-12-9-11-17-52-58(3,4)47-39-45(86(73,74)75)24-26-50(47)64(52)8-2/h9,11-12,17-18,20-27,39-40,48-49,51-52H,7-8,10,13-16,19,28-38,41-42H2,1-6H3,(H,60,66)(H,61,68)(H,62,69)(H,63,67)(H2,70,71,72)(H,73,74,75)(H,76,77,78)/b12-9+,17-11+,53-18+. The molecule has 2 aromatic rings. The molecule has 0 radical (unpaired) electrons. The summed E-state index contributed by atoms with van der Waals surface area (Å²) in [4.78, 5) is 73.1. The fraction of sp³-hybridized carbons (Fsp3) is 0.559. The number of fused-ring (bicyclic) bond motifs is 2. The minimum absolute atomic E-state index is 0.0608. The van der Waals surface area contributed by atoms with Gasteiger partial charge in [-0.3, -0.25) is 32.8 Å². The Hall–Kier alpha value is -4.87. The summed E-state index contributed by atoms with van der Waals surface area (Å²) in [6.07, 6.45) is 18.3. The van der Waals surface area contributed by atoms with E-state index < -0.39 is 44.9 Å². The van der Waals surface area contributed by atoms with Gasteiger partial charge in [-0.15, -0.1) is 0 Å². The predicted octanol–water partition coefficient (Wildman–Crippen LogP) is 7.02. The van der Waals surface area contributed by atoms with Gasteiger partial charge in [-0.2, -0.15) is 16.8 Å². The Morgan fingerprint density at radius 1 is 0.747 bits per heavy atom. The fourth-order valence-electron chi connectivity index (χ4n) is 10.5. The first kappa shape index (κ1) is 72.9. The van der Waals surface area contributed by atoms with Gasteiger partial charge in [0.05, 0.1) is 54.9 Å². The van der Waals surface area contributed by atoms with Crippen LogP contribution in [0.3, 0.4) is 0 Å². The molecule has 0 saturated carbocycles. The summed E-state index contributed by atoms with van der Waals surface area (Å²) in [5, 5.41) is 11.4. The van der Waals surface area contributed by atoms with E-state index in [4.69, 9.17) is 24.0 Å². The second kappa shape index (κ2) is 34.9. The number of anilines is 1. The number of rotatable bonds is 39. The van der Waals surface area contributed by atoms with Crippen molar-refractivity contribution >= 4 is 79.0 Å². The average molecular weight is 1310 g/mol. The number of phosphoric acid groups is 1. The zero-order chi connectivity index (χ0) is 63.8. The van der Waals surface area contributed by atoms with E-state index in [9.17, 15) is 49.7 Å². The predicted molar refractivity (Wildman–Crippen MR) is 338 cm³/mol. The third-order valence-corrected chi connectivity index (χ3v) is 19.6. The van der Waals surface area contributed by atoms with Crippen molar-refractivity contribution in [1.82, 2.24) is 26.2 Å². The number of nitrogens with one attached hydrogen (secondary N) is 4. The topological polar surface area (TPSA) is 326 Å². The van der Waals surface area contributed by atoms with Crippen LogP contribution in [0.4, 0.5) is 5.69 Å². The Bertz CT molecular complexity index is 3060. The number of phosphoric ester groups is 1. The van der Waals surface area contributed by atoms with Crippen LogP contribution in [0, 0.1) is 11.3 Å². The van der Waals surface area contributed by atoms with Gasteiger partial charge in [0.15, 0.2) is 0 Å². The molecule has 3 aliphatic rings. The van der Waals surface area contributed by atoms with Gasteiger partial charge in [0.25, 0.3) is 26.1 Å². The molecule has 484 valence electrons. The van der Waals surface area contributed by atoms with Crippen molar-refractivity contribution in [3.8, 4) is 0 Å². The maximum absolute atomic E-state index is 13.5. The molecule has 1 saturated heterocycles. The number of nitrogens with zero attached hydrogens (tertiary/aromatic N) is 2. The number of hydrogen-bond donors (Lipinski definition) is 8. The Morgan fingerprint density at radius 2 is 1.41 bits per heavy atom. The Morgan fingerprint density at radius 3 is 2.05 bits per heavy atom. The maximum Gasteiger partial charge on any atom is 0.469 e. The van der Waals surface area contributed by atoms with Crippen LogP contribution in [-0.4, -0.2) is 166 Å². The summed E-state index contributed by atoms with van der Waals surface area (Å²) in [7, 11) is -10.6. The Balaban J connectivity index is 1.04. The molecule has 0 bridgehead atoms. The second-order valence-electron chi connectivity index (χ2n) is 22.1. The quantitative estimate of drug-likeness (QED) is 0.0110. The maximum atomic E-state index is 13.5. The third kappa shape index (κ3) is 23.2. The highest BCUT2D eigenvalue weighted by Gasteiger charge is 2.49. The number of unbranched alkanes of at least 4 members (excludes halogenated alkanes) is 2. The number of amides is 4. The summed E-state index contributed by atoms with van der Waals surface area (Å²) in [5.74, 6) is -0.421. The first-order chi connectivity index (χ1) is 41.2. The highest BCUT2D eigenvalue weighted by atomic mass is 33.1. The van der Waals surface area contributed by atoms with Crippen LogP contribution in [0.25, 0.3) is 0 Å². The van der Waals surface area contributed by atoms with Crippen molar-refractivity contribution in [2.45, 2.75) is 122 Å². The van der Waals surface area contributed by atoms with Gasteiger partial charge >= 0.3 is 7.82 Å². The molecular formula is C59H87N6O17PS4. The third-order valence-electron chi connectivity index (χ3n) is 15.0. The van der Waals surface area contributed by atoms with Crippen molar-refractivity contribution in [2.75, 3.05) is 88.8 Å². The van der Waals surface area contributed by atoms with Crippen LogP contribution >= 0.6 is 29.4 Å². The molecule has 5 rings (SSSR count). The molecule has 4 amide bonds. The van der Waals surface area contributed by atoms with Gasteiger partial charge in [-0.25, -0.2) is 4.57 Å². The lowest BCUT2D eigenvalue weighted by Gasteiger charge is -2.31. The van der Waals surface area contributed by atoms with E-state index in [1.807, 2.05) is 71.9 Å². The minimum atomic E-state index is -4.59. The van der Waals surface area contributed by atoms with E-state index in [-0.39, 0.29) is 70.2 Å². The molecule has 2 heterocycles. The summed E-state index contributed by atoms with van der Waals surface area (Å²) in [6.45, 7) is 16.4. The SMILES string of the molecule is CCNC(=O)CCSSCC(NC(=O)CCCCCN1/C(=C/C=C/C=C/C2N(CC)c3ccc(S(=O)(=O)O)cc3C2(C)C)C(C)(C)C2C=C(S(=O)(=O)O)C=CC21)C(=O)NCCCOCCOCCOCCCNC(=O)c1ccc(COP(=O)(O)O)cc1. The molecule has 87 heavy (non-hydrogen) atoms. The highest BCUT2D eigenvalue weighted by Crippen LogP contribution is 2.51. The molecule has 0 spiro atoms. The van der Waals surface area contributed by atoms with Gasteiger partial charge in [0.2, 0.25) is 17.7 Å². The number of likely N-dealkylation sites (N-methyl/N-ethyl adjacent to an activating group) is 1. The molecule has 2 aliphatic heterocycles. The first-order valence-electron chi connectivity index (χ1n) is 29.2. The molecule has 23 nitrogen and oxygen atoms in total. The van der Waals surface area contributed by atoms with Crippen LogP contribution in [0.15, 0.2) is 107 Å². The van der Waals surface area contributed by atoms with E-state index in [1.165, 1.54) is 33.7 Å². The largest absolute Gasteiger partial charge is 0.469 e. The van der Waals surface area contributed by atoms with Gasteiger partial charge in [-0.1, -0.05) is 104 Å². The first-order valence-corrected chi connectivity index (χ1v) is 36.1. The van der Waals surface area contributed by atoms with Gasteiger partial charge in [0, 0.05) is 104 Å². The second-order valence-corrected chi connectivity index (χ2v) is 28.8. The van der Waals surface area contributed by atoms with E-state index in [2.05, 4.69) is 41.7 Å². The number of hydrogen-bond acceptors (Lipinski definition) is 17. The highest BCUT2D eigenvalue weighted by molar-refractivity contribution is 8.76. The number of carbonyl (C=O) groups excluding carboxylic acids is 4. The number of carbonyl (C=O) groups is 4. The number of allylic oxidation sites excluding steroid dienone is 6. The van der Waals surface area contributed by atoms with Crippen LogP contribution in [-0.2, 0) is 69.9 Å². The van der Waals surface area contributed by atoms with Crippen LogP contribution < -0.4 is 26.2 Å². The summed E-state index contributed by atoms with van der Waals surface area (Å²) in [6, 6.07) is 9.74. The summed E-state index contributed by atoms with van der Waals surface area (Å²) in [5.41, 5.74) is 2.54. The Labute approximate surface area is 520 Å². The normalized spacial score (nSPS) is 18.9. The molecule has 1 fully saturated rings. The zero-order valence-electron chi connectivity index (χ0n) is 50.4.